The average Bonchev–Trinajstić information content (AvgIpc) is 2.54. The number of carbonyl (C=O) groups excluding carboxylic acids is 1. The van der Waals surface area contributed by atoms with Gasteiger partial charge in [-0.1, -0.05) is 17.7 Å². The van der Waals surface area contributed by atoms with Crippen molar-refractivity contribution in [3.05, 3.63) is 54.1 Å². The van der Waals surface area contributed by atoms with E-state index in [9.17, 15) is 4.79 Å². The SMILES string of the molecule is Cc1ccc(OC(=O)CCCCCOc2ccc(N)cc2)cc1. The molecule has 0 spiro atoms. The van der Waals surface area contributed by atoms with Gasteiger partial charge in [0.25, 0.3) is 0 Å². The number of ether oxygens (including phenoxy) is 2. The molecule has 0 bridgehead atoms. The van der Waals surface area contributed by atoms with E-state index in [1.54, 1.807) is 0 Å². The monoisotopic (exact) mass is 313 g/mol. The van der Waals surface area contributed by atoms with Crippen LogP contribution in [0.4, 0.5) is 5.69 Å². The first-order valence-electron chi connectivity index (χ1n) is 7.89. The van der Waals surface area contributed by atoms with E-state index in [4.69, 9.17) is 15.2 Å². The number of rotatable bonds is 8. The first-order chi connectivity index (χ1) is 11.1. The van der Waals surface area contributed by atoms with Gasteiger partial charge in [-0.05, 0) is 62.6 Å². The maximum absolute atomic E-state index is 11.7. The molecule has 0 aliphatic heterocycles. The average molecular weight is 313 g/mol. The predicted octanol–water partition coefficient (Wildman–Crippen LogP) is 4.12. The van der Waals surface area contributed by atoms with Gasteiger partial charge >= 0.3 is 5.97 Å². The third kappa shape index (κ3) is 6.43. The van der Waals surface area contributed by atoms with Crippen molar-refractivity contribution in [2.45, 2.75) is 32.6 Å². The Labute approximate surface area is 137 Å². The smallest absolute Gasteiger partial charge is 0.311 e. The first-order valence-corrected chi connectivity index (χ1v) is 7.89. The predicted molar refractivity (Wildman–Crippen MR) is 91.6 cm³/mol. The molecule has 2 aromatic rings. The zero-order valence-electron chi connectivity index (χ0n) is 13.5. The number of aryl methyl sites for hydroxylation is 1. The van der Waals surface area contributed by atoms with Crippen molar-refractivity contribution in [1.82, 2.24) is 0 Å². The van der Waals surface area contributed by atoms with E-state index in [0.29, 0.717) is 18.8 Å². The highest BCUT2D eigenvalue weighted by atomic mass is 16.5. The number of unbranched alkanes of at least 4 members (excludes halogenated alkanes) is 2. The van der Waals surface area contributed by atoms with Gasteiger partial charge in [0.05, 0.1) is 6.61 Å². The van der Waals surface area contributed by atoms with Crippen molar-refractivity contribution in [2.24, 2.45) is 0 Å². The third-order valence-corrected chi connectivity index (χ3v) is 3.43. The number of hydrogen-bond acceptors (Lipinski definition) is 4. The molecule has 0 unspecified atom stereocenters. The Morgan fingerprint density at radius 1 is 0.913 bits per heavy atom. The summed E-state index contributed by atoms with van der Waals surface area (Å²) in [6.07, 6.45) is 3.06. The van der Waals surface area contributed by atoms with Crippen molar-refractivity contribution >= 4 is 11.7 Å². The van der Waals surface area contributed by atoms with Gasteiger partial charge in [0.15, 0.2) is 0 Å². The highest BCUT2D eigenvalue weighted by Crippen LogP contribution is 2.15. The molecule has 0 amide bonds. The molecule has 2 rings (SSSR count). The van der Waals surface area contributed by atoms with Gasteiger partial charge in [0, 0.05) is 12.1 Å². The topological polar surface area (TPSA) is 61.5 Å². The van der Waals surface area contributed by atoms with Crippen LogP contribution in [0.1, 0.15) is 31.2 Å². The number of nitrogen functional groups attached to an aromatic ring is 1. The van der Waals surface area contributed by atoms with Gasteiger partial charge in [-0.25, -0.2) is 0 Å². The Kier molecular flexibility index (Phi) is 6.48. The normalized spacial score (nSPS) is 10.3. The van der Waals surface area contributed by atoms with Gasteiger partial charge < -0.3 is 15.2 Å². The molecule has 0 saturated carbocycles. The van der Waals surface area contributed by atoms with E-state index in [1.807, 2.05) is 55.5 Å². The summed E-state index contributed by atoms with van der Waals surface area (Å²) >= 11 is 0. The number of hydrogen-bond donors (Lipinski definition) is 1. The second kappa shape index (κ2) is 8.83. The largest absolute Gasteiger partial charge is 0.494 e. The molecule has 0 saturated heterocycles. The number of nitrogens with two attached hydrogens (primary N) is 1. The Balaban J connectivity index is 1.55. The molecule has 0 heterocycles. The Bertz CT molecular complexity index is 606. The molecule has 2 N–H and O–H groups in total. The zero-order valence-corrected chi connectivity index (χ0v) is 13.5. The van der Waals surface area contributed by atoms with Crippen LogP contribution in [0.5, 0.6) is 11.5 Å². The molecule has 0 aromatic heterocycles. The molecular weight excluding hydrogens is 290 g/mol. The summed E-state index contributed by atoms with van der Waals surface area (Å²) in [6, 6.07) is 14.8. The second-order valence-electron chi connectivity index (χ2n) is 5.52. The molecule has 0 fully saturated rings. The third-order valence-electron chi connectivity index (χ3n) is 3.43. The van der Waals surface area contributed by atoms with E-state index < -0.39 is 0 Å². The van der Waals surface area contributed by atoms with Crippen molar-refractivity contribution < 1.29 is 14.3 Å². The number of benzene rings is 2. The summed E-state index contributed by atoms with van der Waals surface area (Å²) in [6.45, 7) is 2.63. The van der Waals surface area contributed by atoms with Gasteiger partial charge in [-0.2, -0.15) is 0 Å². The van der Waals surface area contributed by atoms with Crippen LogP contribution in [-0.4, -0.2) is 12.6 Å². The molecule has 0 aliphatic carbocycles. The fourth-order valence-corrected chi connectivity index (χ4v) is 2.09. The minimum Gasteiger partial charge on any atom is -0.494 e. The van der Waals surface area contributed by atoms with Gasteiger partial charge in [-0.15, -0.1) is 0 Å². The van der Waals surface area contributed by atoms with Gasteiger partial charge in [0.1, 0.15) is 11.5 Å². The lowest BCUT2D eigenvalue weighted by Crippen LogP contribution is -2.07. The van der Waals surface area contributed by atoms with Crippen LogP contribution in [0.15, 0.2) is 48.5 Å². The van der Waals surface area contributed by atoms with E-state index in [1.165, 1.54) is 0 Å². The fraction of sp³-hybridized carbons (Fsp3) is 0.316. The highest BCUT2D eigenvalue weighted by molar-refractivity contribution is 5.72. The van der Waals surface area contributed by atoms with Crippen LogP contribution >= 0.6 is 0 Å². The highest BCUT2D eigenvalue weighted by Gasteiger charge is 2.04. The minimum absolute atomic E-state index is 0.187. The first kappa shape index (κ1) is 16.9. The Hall–Kier alpha value is -2.49. The molecule has 0 aliphatic rings. The molecule has 23 heavy (non-hydrogen) atoms. The number of esters is 1. The summed E-state index contributed by atoms with van der Waals surface area (Å²) in [7, 11) is 0. The Morgan fingerprint density at radius 2 is 1.57 bits per heavy atom. The van der Waals surface area contributed by atoms with Crippen molar-refractivity contribution in [2.75, 3.05) is 12.3 Å². The number of anilines is 1. The van der Waals surface area contributed by atoms with Crippen molar-refractivity contribution in [3.8, 4) is 11.5 Å². The van der Waals surface area contributed by atoms with Crippen LogP contribution in [0.2, 0.25) is 0 Å². The van der Waals surface area contributed by atoms with Crippen molar-refractivity contribution in [3.63, 3.8) is 0 Å². The Morgan fingerprint density at radius 3 is 2.26 bits per heavy atom. The molecule has 0 radical (unpaired) electrons. The lowest BCUT2D eigenvalue weighted by molar-refractivity contribution is -0.134. The van der Waals surface area contributed by atoms with Crippen LogP contribution in [0.3, 0.4) is 0 Å². The van der Waals surface area contributed by atoms with E-state index in [-0.39, 0.29) is 5.97 Å². The molecule has 122 valence electrons. The molecule has 2 aromatic carbocycles. The lowest BCUT2D eigenvalue weighted by atomic mass is 10.2. The van der Waals surface area contributed by atoms with E-state index in [2.05, 4.69) is 0 Å². The minimum atomic E-state index is -0.187. The van der Waals surface area contributed by atoms with Crippen LogP contribution in [-0.2, 0) is 4.79 Å². The summed E-state index contributed by atoms with van der Waals surface area (Å²) in [5, 5.41) is 0. The van der Waals surface area contributed by atoms with Crippen LogP contribution in [0.25, 0.3) is 0 Å². The summed E-state index contributed by atoms with van der Waals surface area (Å²) in [4.78, 5) is 11.7. The molecule has 4 heteroatoms. The van der Waals surface area contributed by atoms with E-state index in [0.717, 1.165) is 36.3 Å². The molecular formula is C19H23NO3. The zero-order chi connectivity index (χ0) is 16.5. The fourth-order valence-electron chi connectivity index (χ4n) is 2.09. The van der Waals surface area contributed by atoms with Crippen LogP contribution < -0.4 is 15.2 Å². The summed E-state index contributed by atoms with van der Waals surface area (Å²) < 4.78 is 10.9. The number of carbonyl (C=O) groups is 1. The van der Waals surface area contributed by atoms with E-state index >= 15 is 0 Å². The van der Waals surface area contributed by atoms with Crippen molar-refractivity contribution in [1.29, 1.82) is 0 Å². The molecule has 0 atom stereocenters. The second-order valence-corrected chi connectivity index (χ2v) is 5.52. The molecule has 4 nitrogen and oxygen atoms in total. The van der Waals surface area contributed by atoms with Gasteiger partial charge in [-0.3, -0.25) is 4.79 Å². The van der Waals surface area contributed by atoms with Gasteiger partial charge in [0.2, 0.25) is 0 Å². The maximum Gasteiger partial charge on any atom is 0.311 e. The quantitative estimate of drug-likeness (QED) is 0.344. The summed E-state index contributed by atoms with van der Waals surface area (Å²) in [5.74, 6) is 1.23. The summed E-state index contributed by atoms with van der Waals surface area (Å²) in [5.41, 5.74) is 7.48. The maximum atomic E-state index is 11.7. The standard InChI is InChI=1S/C19H23NO3/c1-15-6-10-18(11-7-15)23-19(21)5-3-2-4-14-22-17-12-8-16(20)9-13-17/h6-13H,2-5,14,20H2,1H3. The van der Waals surface area contributed by atoms with Crippen LogP contribution in [0, 0.1) is 6.92 Å². The lowest BCUT2D eigenvalue weighted by Gasteiger charge is -2.07.